The first kappa shape index (κ1) is 17.7. The molecule has 0 unspecified atom stereocenters. The highest BCUT2D eigenvalue weighted by atomic mass is 32.2. The fraction of sp³-hybridized carbons (Fsp3) is 0.533. The Bertz CT molecular complexity index is 569. The number of benzene rings is 1. The van der Waals surface area contributed by atoms with Crippen LogP contribution in [0.25, 0.3) is 0 Å². The maximum atomic E-state index is 12.2. The third-order valence-corrected chi connectivity index (χ3v) is 4.92. The molecule has 0 aliphatic carbocycles. The first-order valence-corrected chi connectivity index (χ1v) is 8.72. The van der Waals surface area contributed by atoms with Crippen LogP contribution in [-0.2, 0) is 10.0 Å². The molecular weight excluding hydrogens is 290 g/mol. The van der Waals surface area contributed by atoms with E-state index in [0.29, 0.717) is 12.5 Å². The minimum Gasteiger partial charge on any atom is -0.478 e. The molecule has 0 spiro atoms. The van der Waals surface area contributed by atoms with Crippen LogP contribution < -0.4 is 4.72 Å². The quantitative estimate of drug-likeness (QED) is 0.734. The largest absolute Gasteiger partial charge is 0.478 e. The maximum absolute atomic E-state index is 12.2. The third kappa shape index (κ3) is 5.47. The number of carboxylic acids is 1. The van der Waals surface area contributed by atoms with E-state index in [2.05, 4.69) is 11.6 Å². The van der Waals surface area contributed by atoms with Gasteiger partial charge in [-0.05, 0) is 30.5 Å². The van der Waals surface area contributed by atoms with Gasteiger partial charge >= 0.3 is 5.97 Å². The van der Waals surface area contributed by atoms with Crippen LogP contribution in [0.5, 0.6) is 0 Å². The minimum absolute atomic E-state index is 0.00672. The van der Waals surface area contributed by atoms with Gasteiger partial charge in [0, 0.05) is 6.54 Å². The van der Waals surface area contributed by atoms with Crippen molar-refractivity contribution < 1.29 is 18.3 Å². The van der Waals surface area contributed by atoms with E-state index in [-0.39, 0.29) is 10.5 Å². The standard InChI is InChI=1S/C15H23NO4S/c1-3-5-7-12(4-2)11-16-21(19,20)14-9-6-8-13(10-14)15(17)18/h6,8-10,12,16H,3-5,7,11H2,1-2H3,(H,17,18)/t12-/m1/s1. The average molecular weight is 313 g/mol. The lowest BCUT2D eigenvalue weighted by atomic mass is 10.00. The second kappa shape index (κ2) is 8.14. The molecule has 118 valence electrons. The number of carbonyl (C=O) groups is 1. The highest BCUT2D eigenvalue weighted by Crippen LogP contribution is 2.15. The van der Waals surface area contributed by atoms with Crippen molar-refractivity contribution in [2.75, 3.05) is 6.54 Å². The Morgan fingerprint density at radius 1 is 1.33 bits per heavy atom. The number of carboxylic acid groups (broad SMARTS) is 1. The summed E-state index contributed by atoms with van der Waals surface area (Å²) in [4.78, 5) is 10.9. The molecular formula is C15H23NO4S. The van der Waals surface area contributed by atoms with Crippen molar-refractivity contribution in [2.45, 2.75) is 44.4 Å². The van der Waals surface area contributed by atoms with Crippen LogP contribution in [0.1, 0.15) is 49.9 Å². The van der Waals surface area contributed by atoms with Gasteiger partial charge in [0.2, 0.25) is 10.0 Å². The zero-order valence-corrected chi connectivity index (χ0v) is 13.3. The summed E-state index contributed by atoms with van der Waals surface area (Å²) < 4.78 is 27.0. The number of sulfonamides is 1. The Labute approximate surface area is 126 Å². The summed E-state index contributed by atoms with van der Waals surface area (Å²) in [7, 11) is -3.66. The Balaban J connectivity index is 2.77. The van der Waals surface area contributed by atoms with Crippen molar-refractivity contribution in [3.05, 3.63) is 29.8 Å². The molecule has 0 bridgehead atoms. The molecule has 21 heavy (non-hydrogen) atoms. The molecule has 6 heteroatoms. The second-order valence-corrected chi connectivity index (χ2v) is 6.87. The van der Waals surface area contributed by atoms with Crippen LogP contribution in [0.3, 0.4) is 0 Å². The number of aromatic carboxylic acids is 1. The predicted molar refractivity (Wildman–Crippen MR) is 81.9 cm³/mol. The van der Waals surface area contributed by atoms with E-state index in [0.717, 1.165) is 25.7 Å². The van der Waals surface area contributed by atoms with Crippen molar-refractivity contribution in [3.63, 3.8) is 0 Å². The molecule has 0 amide bonds. The van der Waals surface area contributed by atoms with E-state index in [1.165, 1.54) is 24.3 Å². The van der Waals surface area contributed by atoms with Gasteiger partial charge in [-0.1, -0.05) is 39.2 Å². The van der Waals surface area contributed by atoms with Gasteiger partial charge in [0.05, 0.1) is 10.5 Å². The average Bonchev–Trinajstić information content (AvgIpc) is 2.47. The van der Waals surface area contributed by atoms with E-state index in [4.69, 9.17) is 5.11 Å². The van der Waals surface area contributed by atoms with Gasteiger partial charge in [0.15, 0.2) is 0 Å². The van der Waals surface area contributed by atoms with Crippen molar-refractivity contribution in [2.24, 2.45) is 5.92 Å². The van der Waals surface area contributed by atoms with Gasteiger partial charge < -0.3 is 5.11 Å². The molecule has 0 aromatic heterocycles. The van der Waals surface area contributed by atoms with Crippen molar-refractivity contribution in [1.29, 1.82) is 0 Å². The third-order valence-electron chi connectivity index (χ3n) is 3.50. The molecule has 0 aliphatic heterocycles. The summed E-state index contributed by atoms with van der Waals surface area (Å²) in [6.07, 6.45) is 4.07. The first-order valence-electron chi connectivity index (χ1n) is 7.23. The lowest BCUT2D eigenvalue weighted by Crippen LogP contribution is -2.29. The SMILES string of the molecule is CCCC[C@@H](CC)CNS(=O)(=O)c1cccc(C(=O)O)c1. The van der Waals surface area contributed by atoms with Crippen molar-refractivity contribution in [3.8, 4) is 0 Å². The zero-order valence-electron chi connectivity index (χ0n) is 12.5. The molecule has 5 nitrogen and oxygen atoms in total. The van der Waals surface area contributed by atoms with E-state index in [9.17, 15) is 13.2 Å². The zero-order chi connectivity index (χ0) is 15.9. The van der Waals surface area contributed by atoms with E-state index >= 15 is 0 Å². The predicted octanol–water partition coefficient (Wildman–Crippen LogP) is 2.88. The summed E-state index contributed by atoms with van der Waals surface area (Å²) in [5, 5.41) is 8.91. The van der Waals surface area contributed by atoms with Crippen LogP contribution in [-0.4, -0.2) is 26.0 Å². The molecule has 0 aliphatic rings. The van der Waals surface area contributed by atoms with Gasteiger partial charge in [0.25, 0.3) is 0 Å². The van der Waals surface area contributed by atoms with E-state index < -0.39 is 16.0 Å². The molecule has 1 atom stereocenters. The Kier molecular flexibility index (Phi) is 6.84. The minimum atomic E-state index is -3.66. The van der Waals surface area contributed by atoms with Crippen LogP contribution in [0.4, 0.5) is 0 Å². The first-order chi connectivity index (χ1) is 9.90. The highest BCUT2D eigenvalue weighted by Gasteiger charge is 2.17. The summed E-state index contributed by atoms with van der Waals surface area (Å²) in [5.41, 5.74) is -0.0316. The fourth-order valence-corrected chi connectivity index (χ4v) is 3.21. The van der Waals surface area contributed by atoms with Crippen molar-refractivity contribution >= 4 is 16.0 Å². The topological polar surface area (TPSA) is 83.5 Å². The molecule has 1 aromatic carbocycles. The van der Waals surface area contributed by atoms with Crippen LogP contribution in [0, 0.1) is 5.92 Å². The molecule has 2 N–H and O–H groups in total. The Morgan fingerprint density at radius 2 is 2.05 bits per heavy atom. The molecule has 1 rings (SSSR count). The summed E-state index contributed by atoms with van der Waals surface area (Å²) in [6, 6.07) is 5.39. The van der Waals surface area contributed by atoms with Crippen LogP contribution >= 0.6 is 0 Å². The Morgan fingerprint density at radius 3 is 2.62 bits per heavy atom. The van der Waals surface area contributed by atoms with Gasteiger partial charge in [-0.2, -0.15) is 0 Å². The van der Waals surface area contributed by atoms with Gasteiger partial charge in [-0.3, -0.25) is 0 Å². The van der Waals surface area contributed by atoms with Crippen LogP contribution in [0.15, 0.2) is 29.2 Å². The summed E-state index contributed by atoms with van der Waals surface area (Å²) in [5.74, 6) is -0.830. The van der Waals surface area contributed by atoms with Gasteiger partial charge in [0.1, 0.15) is 0 Å². The number of rotatable bonds is 9. The fourth-order valence-electron chi connectivity index (χ4n) is 2.05. The summed E-state index contributed by atoms with van der Waals surface area (Å²) >= 11 is 0. The number of unbranched alkanes of at least 4 members (excludes halogenated alkanes) is 1. The van der Waals surface area contributed by atoms with E-state index in [1.54, 1.807) is 0 Å². The molecule has 1 aromatic rings. The van der Waals surface area contributed by atoms with Gasteiger partial charge in [-0.25, -0.2) is 17.9 Å². The molecule has 0 fully saturated rings. The second-order valence-electron chi connectivity index (χ2n) is 5.10. The monoisotopic (exact) mass is 313 g/mol. The lowest BCUT2D eigenvalue weighted by Gasteiger charge is -2.15. The molecule has 0 saturated heterocycles. The summed E-state index contributed by atoms with van der Waals surface area (Å²) in [6.45, 7) is 4.53. The van der Waals surface area contributed by atoms with Crippen LogP contribution in [0.2, 0.25) is 0 Å². The number of hydrogen-bond acceptors (Lipinski definition) is 3. The lowest BCUT2D eigenvalue weighted by molar-refractivity contribution is 0.0696. The molecule has 0 radical (unpaired) electrons. The highest BCUT2D eigenvalue weighted by molar-refractivity contribution is 7.89. The number of hydrogen-bond donors (Lipinski definition) is 2. The molecule has 0 heterocycles. The molecule has 0 saturated carbocycles. The smallest absolute Gasteiger partial charge is 0.335 e. The maximum Gasteiger partial charge on any atom is 0.335 e. The number of nitrogens with one attached hydrogen (secondary N) is 1. The normalized spacial score (nSPS) is 13.0. The Hall–Kier alpha value is -1.40. The van der Waals surface area contributed by atoms with Crippen molar-refractivity contribution in [1.82, 2.24) is 4.72 Å². The van der Waals surface area contributed by atoms with Gasteiger partial charge in [-0.15, -0.1) is 0 Å². The van der Waals surface area contributed by atoms with E-state index in [1.807, 2.05) is 6.92 Å².